The SMILES string of the molecule is CC(=O)N(c1nnc(SCC(=O)C(C#N)c2nc(-c3ccccc3)cs2)s1)C1CC1. The van der Waals surface area contributed by atoms with Gasteiger partial charge in [-0.3, -0.25) is 14.5 Å². The predicted molar refractivity (Wildman–Crippen MR) is 118 cm³/mol. The molecule has 1 saturated carbocycles. The van der Waals surface area contributed by atoms with Crippen molar-refractivity contribution in [1.82, 2.24) is 15.2 Å². The predicted octanol–water partition coefficient (Wildman–Crippen LogP) is 4.15. The van der Waals surface area contributed by atoms with Crippen LogP contribution in [0, 0.1) is 11.3 Å². The van der Waals surface area contributed by atoms with Crippen LogP contribution in [0.5, 0.6) is 0 Å². The normalized spacial score (nSPS) is 14.1. The highest BCUT2D eigenvalue weighted by Gasteiger charge is 2.34. The minimum absolute atomic E-state index is 0.0520. The molecule has 1 amide bonds. The van der Waals surface area contributed by atoms with E-state index in [9.17, 15) is 14.9 Å². The van der Waals surface area contributed by atoms with Crippen LogP contribution in [0.25, 0.3) is 11.3 Å². The standard InChI is InChI=1S/C20H17N5O2S3/c1-12(26)25(14-7-8-14)19-23-24-20(30-19)29-11-17(27)15(9-21)18-22-16(10-28-18)13-5-3-2-4-6-13/h2-6,10,14-15H,7-8,11H2,1H3. The highest BCUT2D eigenvalue weighted by atomic mass is 32.2. The molecular weight excluding hydrogens is 438 g/mol. The minimum atomic E-state index is -0.910. The number of thiazole rings is 1. The Balaban J connectivity index is 1.40. The van der Waals surface area contributed by atoms with Crippen molar-refractivity contribution in [3.63, 3.8) is 0 Å². The molecule has 1 fully saturated rings. The number of ketones is 1. The molecule has 0 spiro atoms. The fourth-order valence-corrected chi connectivity index (χ4v) is 5.64. The summed E-state index contributed by atoms with van der Waals surface area (Å²) in [7, 11) is 0. The van der Waals surface area contributed by atoms with Crippen LogP contribution in [0.1, 0.15) is 30.7 Å². The number of rotatable bonds is 8. The second-order valence-corrected chi connectivity index (χ2v) is 9.79. The molecule has 10 heteroatoms. The Morgan fingerprint density at radius 1 is 1.30 bits per heavy atom. The number of carbonyl (C=O) groups is 2. The smallest absolute Gasteiger partial charge is 0.225 e. The molecule has 4 rings (SSSR count). The third-order valence-corrected chi connectivity index (χ3v) is 7.47. The van der Waals surface area contributed by atoms with Crippen LogP contribution in [0.4, 0.5) is 5.13 Å². The van der Waals surface area contributed by atoms with Gasteiger partial charge < -0.3 is 0 Å². The Labute approximate surface area is 185 Å². The van der Waals surface area contributed by atoms with E-state index in [0.29, 0.717) is 14.5 Å². The van der Waals surface area contributed by atoms with Gasteiger partial charge in [0.25, 0.3) is 0 Å². The summed E-state index contributed by atoms with van der Waals surface area (Å²) in [4.78, 5) is 30.7. The number of aromatic nitrogens is 3. The second kappa shape index (κ2) is 9.04. The van der Waals surface area contributed by atoms with Gasteiger partial charge in [-0.05, 0) is 12.8 Å². The van der Waals surface area contributed by atoms with Gasteiger partial charge >= 0.3 is 0 Å². The van der Waals surface area contributed by atoms with Crippen LogP contribution in [0.3, 0.4) is 0 Å². The second-order valence-electron chi connectivity index (χ2n) is 6.72. The van der Waals surface area contributed by atoms with E-state index in [0.717, 1.165) is 24.1 Å². The van der Waals surface area contributed by atoms with Gasteiger partial charge in [-0.25, -0.2) is 4.98 Å². The highest BCUT2D eigenvalue weighted by Crippen LogP contribution is 2.36. The Hall–Kier alpha value is -2.61. The molecule has 0 bridgehead atoms. The first-order chi connectivity index (χ1) is 14.6. The molecule has 0 radical (unpaired) electrons. The number of hydrogen-bond acceptors (Lipinski definition) is 9. The van der Waals surface area contributed by atoms with Crippen molar-refractivity contribution in [2.45, 2.75) is 36.1 Å². The average Bonchev–Trinajstić information content (AvgIpc) is 3.25. The maximum absolute atomic E-state index is 12.7. The lowest BCUT2D eigenvalue weighted by Gasteiger charge is -2.15. The van der Waals surface area contributed by atoms with E-state index in [1.54, 1.807) is 4.90 Å². The summed E-state index contributed by atoms with van der Waals surface area (Å²) in [5.74, 6) is -1.09. The lowest BCUT2D eigenvalue weighted by atomic mass is 10.1. The molecule has 2 aromatic heterocycles. The number of hydrogen-bond donors (Lipinski definition) is 0. The van der Waals surface area contributed by atoms with Crippen LogP contribution in [0.15, 0.2) is 40.1 Å². The lowest BCUT2D eigenvalue weighted by molar-refractivity contribution is -0.117. The maximum Gasteiger partial charge on any atom is 0.225 e. The van der Waals surface area contributed by atoms with Crippen LogP contribution in [-0.2, 0) is 9.59 Å². The molecule has 1 aromatic carbocycles. The minimum Gasteiger partial charge on any atom is -0.297 e. The molecule has 1 aliphatic carbocycles. The highest BCUT2D eigenvalue weighted by molar-refractivity contribution is 8.01. The quantitative estimate of drug-likeness (QED) is 0.372. The van der Waals surface area contributed by atoms with Crippen LogP contribution in [-0.4, -0.2) is 38.7 Å². The van der Waals surface area contributed by atoms with Gasteiger partial charge in [-0.15, -0.1) is 21.5 Å². The summed E-state index contributed by atoms with van der Waals surface area (Å²) in [5, 5.41) is 20.7. The summed E-state index contributed by atoms with van der Waals surface area (Å²) in [6, 6.07) is 11.9. The summed E-state index contributed by atoms with van der Waals surface area (Å²) in [6.45, 7) is 1.52. The van der Waals surface area contributed by atoms with Crippen molar-refractivity contribution >= 4 is 51.3 Å². The molecule has 1 unspecified atom stereocenters. The monoisotopic (exact) mass is 455 g/mol. The molecule has 2 heterocycles. The third kappa shape index (κ3) is 4.59. The molecule has 1 aliphatic rings. The van der Waals surface area contributed by atoms with Crippen LogP contribution < -0.4 is 4.90 Å². The molecule has 0 saturated heterocycles. The first-order valence-electron chi connectivity index (χ1n) is 9.26. The van der Waals surface area contributed by atoms with E-state index < -0.39 is 5.92 Å². The van der Waals surface area contributed by atoms with Crippen molar-refractivity contribution in [1.29, 1.82) is 5.26 Å². The van der Waals surface area contributed by atoms with Crippen LogP contribution >= 0.6 is 34.4 Å². The number of Topliss-reactive ketones (excluding diaryl/α,β-unsaturated/α-hetero) is 1. The molecule has 7 nitrogen and oxygen atoms in total. The summed E-state index contributed by atoms with van der Waals surface area (Å²) >= 11 is 3.84. The molecule has 3 aromatic rings. The molecule has 0 aliphatic heterocycles. The lowest BCUT2D eigenvalue weighted by Crippen LogP contribution is -2.30. The van der Waals surface area contributed by atoms with Crippen molar-refractivity contribution in [2.24, 2.45) is 0 Å². The summed E-state index contributed by atoms with van der Waals surface area (Å²) in [6.07, 6.45) is 1.95. The summed E-state index contributed by atoms with van der Waals surface area (Å²) in [5.41, 5.74) is 1.71. The number of amides is 1. The van der Waals surface area contributed by atoms with Gasteiger partial charge in [0.1, 0.15) is 5.01 Å². The number of nitrogens with zero attached hydrogens (tertiary/aromatic N) is 5. The Morgan fingerprint density at radius 3 is 2.73 bits per heavy atom. The maximum atomic E-state index is 12.7. The zero-order valence-corrected chi connectivity index (χ0v) is 18.5. The van der Waals surface area contributed by atoms with Crippen LogP contribution in [0.2, 0.25) is 0 Å². The van der Waals surface area contributed by atoms with Gasteiger partial charge in [-0.1, -0.05) is 53.4 Å². The zero-order valence-electron chi connectivity index (χ0n) is 16.0. The Morgan fingerprint density at radius 2 is 2.07 bits per heavy atom. The molecule has 1 atom stereocenters. The number of anilines is 1. The number of benzene rings is 1. The molecule has 152 valence electrons. The van der Waals surface area contributed by atoms with Crippen molar-refractivity contribution < 1.29 is 9.59 Å². The van der Waals surface area contributed by atoms with Gasteiger partial charge in [0.05, 0.1) is 17.5 Å². The van der Waals surface area contributed by atoms with E-state index in [-0.39, 0.29) is 23.5 Å². The Bertz CT molecular complexity index is 1100. The number of thioether (sulfide) groups is 1. The van der Waals surface area contributed by atoms with Crippen molar-refractivity contribution in [3.8, 4) is 17.3 Å². The molecule has 0 N–H and O–H groups in total. The van der Waals surface area contributed by atoms with E-state index >= 15 is 0 Å². The van der Waals surface area contributed by atoms with E-state index in [4.69, 9.17) is 0 Å². The number of nitriles is 1. The fraction of sp³-hybridized carbons (Fsp3) is 0.300. The Kier molecular flexibility index (Phi) is 6.22. The van der Waals surface area contributed by atoms with E-state index in [2.05, 4.69) is 21.3 Å². The first kappa shape index (κ1) is 20.7. The van der Waals surface area contributed by atoms with Crippen molar-refractivity contribution in [3.05, 3.63) is 40.7 Å². The van der Waals surface area contributed by atoms with E-state index in [1.165, 1.54) is 41.4 Å². The van der Waals surface area contributed by atoms with Crippen molar-refractivity contribution in [2.75, 3.05) is 10.7 Å². The average molecular weight is 456 g/mol. The summed E-state index contributed by atoms with van der Waals surface area (Å²) < 4.78 is 0.603. The zero-order chi connectivity index (χ0) is 21.1. The van der Waals surface area contributed by atoms with Gasteiger partial charge in [0.15, 0.2) is 16.0 Å². The van der Waals surface area contributed by atoms with Gasteiger partial charge in [-0.2, -0.15) is 5.26 Å². The topological polar surface area (TPSA) is 99.8 Å². The molecule has 30 heavy (non-hydrogen) atoms. The number of carbonyl (C=O) groups excluding carboxylic acids is 2. The van der Waals surface area contributed by atoms with Gasteiger partial charge in [0, 0.05) is 23.9 Å². The molecular formula is C20H17N5O2S3. The fourth-order valence-electron chi connectivity index (χ4n) is 2.88. The first-order valence-corrected chi connectivity index (χ1v) is 11.9. The third-order valence-electron chi connectivity index (χ3n) is 4.48. The van der Waals surface area contributed by atoms with E-state index in [1.807, 2.05) is 35.7 Å². The van der Waals surface area contributed by atoms with Gasteiger partial charge in [0.2, 0.25) is 11.0 Å². The largest absolute Gasteiger partial charge is 0.297 e.